The summed E-state index contributed by atoms with van der Waals surface area (Å²) in [6.07, 6.45) is 0. The van der Waals surface area contributed by atoms with Crippen LogP contribution >= 0.6 is 9.12 Å². The Labute approximate surface area is 96.6 Å². The van der Waals surface area contributed by atoms with Crippen LogP contribution in [-0.2, 0) is 4.57 Å². The molecule has 0 aliphatic rings. The molecule has 86 valence electrons. The van der Waals surface area contributed by atoms with E-state index in [0.29, 0.717) is 20.6 Å². The van der Waals surface area contributed by atoms with Crippen LogP contribution in [0.15, 0.2) is 60.7 Å². The van der Waals surface area contributed by atoms with Gasteiger partial charge < -0.3 is 14.8 Å². The normalized spacial score (nSPS) is 8.00. The first kappa shape index (κ1) is 14.3. The van der Waals surface area contributed by atoms with Gasteiger partial charge in [0, 0.05) is 0 Å². The molecule has 0 radical (unpaired) electrons. The number of phenols is 2. The highest BCUT2D eigenvalue weighted by atomic mass is 31.0. The minimum atomic E-state index is 0.322. The van der Waals surface area contributed by atoms with Crippen LogP contribution in [0.25, 0.3) is 0 Å². The maximum absolute atomic E-state index is 8.63. The van der Waals surface area contributed by atoms with E-state index in [-0.39, 0.29) is 0 Å². The Morgan fingerprint density at radius 2 is 0.875 bits per heavy atom. The number of hydrogen-bond acceptors (Lipinski definition) is 3. The van der Waals surface area contributed by atoms with Crippen molar-refractivity contribution in [3.8, 4) is 11.5 Å². The second kappa shape index (κ2) is 9.81. The van der Waals surface area contributed by atoms with Gasteiger partial charge in [0.15, 0.2) is 0 Å². The zero-order valence-corrected chi connectivity index (χ0v) is 10.2. The monoisotopic (exact) mass is 238 g/mol. The Kier molecular flexibility index (Phi) is 8.75. The zero-order chi connectivity index (χ0) is 12.2. The van der Waals surface area contributed by atoms with Crippen molar-refractivity contribution in [2.45, 2.75) is 0 Å². The number of aromatic hydroxyl groups is 2. The second-order valence-electron chi connectivity index (χ2n) is 2.67. The van der Waals surface area contributed by atoms with Crippen molar-refractivity contribution in [1.82, 2.24) is 0 Å². The van der Waals surface area contributed by atoms with E-state index < -0.39 is 0 Å². The number of hydrogen-bond donors (Lipinski definition) is 2. The molecule has 0 bridgehead atoms. The summed E-state index contributed by atoms with van der Waals surface area (Å²) in [6, 6.07) is 17.4. The third kappa shape index (κ3) is 7.65. The van der Waals surface area contributed by atoms with Crippen LogP contribution in [-0.4, -0.2) is 10.2 Å². The van der Waals surface area contributed by atoms with Crippen LogP contribution in [0.4, 0.5) is 0 Å². The summed E-state index contributed by atoms with van der Waals surface area (Å²) in [5, 5.41) is 17.3. The number of para-hydroxylation sites is 2. The average molecular weight is 238 g/mol. The standard InChI is InChI=1S/2C6H6O.H3OP/c2*7-6-4-2-1-3-5-6;1-2/h2*1-5,7H;2H3. The van der Waals surface area contributed by atoms with Crippen LogP contribution in [0.2, 0.25) is 0 Å². The number of benzene rings is 2. The minimum absolute atomic E-state index is 0.322. The van der Waals surface area contributed by atoms with Crippen LogP contribution in [0.3, 0.4) is 0 Å². The Hall–Kier alpha value is -1.73. The molecule has 0 amide bonds. The first-order valence-electron chi connectivity index (χ1n) is 4.56. The second-order valence-corrected chi connectivity index (χ2v) is 2.67. The van der Waals surface area contributed by atoms with Crippen molar-refractivity contribution in [3.05, 3.63) is 60.7 Å². The van der Waals surface area contributed by atoms with Crippen molar-refractivity contribution in [3.63, 3.8) is 0 Å². The van der Waals surface area contributed by atoms with E-state index in [4.69, 9.17) is 14.8 Å². The van der Waals surface area contributed by atoms with Crippen molar-refractivity contribution in [2.24, 2.45) is 0 Å². The Balaban J connectivity index is 0.000000244. The van der Waals surface area contributed by atoms with E-state index in [1.807, 2.05) is 12.1 Å². The molecule has 4 heteroatoms. The molecular weight excluding hydrogens is 223 g/mol. The fraction of sp³-hybridized carbons (Fsp3) is 0. The zero-order valence-electron chi connectivity index (χ0n) is 8.78. The lowest BCUT2D eigenvalue weighted by molar-refractivity contribution is 0.475. The first-order chi connectivity index (χ1) is 7.79. The summed E-state index contributed by atoms with van der Waals surface area (Å²) in [5.41, 5.74) is 0. The lowest BCUT2D eigenvalue weighted by atomic mass is 10.3. The lowest BCUT2D eigenvalue weighted by Crippen LogP contribution is -1.56. The molecular formula is C12H15O3P. The molecule has 2 N–H and O–H groups in total. The van der Waals surface area contributed by atoms with Gasteiger partial charge >= 0.3 is 0 Å². The Morgan fingerprint density at radius 3 is 1.00 bits per heavy atom. The van der Waals surface area contributed by atoms with Gasteiger partial charge in [0.2, 0.25) is 0 Å². The molecule has 0 fully saturated rings. The summed E-state index contributed by atoms with van der Waals surface area (Å²) in [6.45, 7) is 0. The fourth-order valence-corrected chi connectivity index (χ4v) is 0.856. The topological polar surface area (TPSA) is 57.5 Å². The smallest absolute Gasteiger partial charge is 0.115 e. The summed E-state index contributed by atoms with van der Waals surface area (Å²) in [7, 11) is 0.611. The Bertz CT molecular complexity index is 327. The van der Waals surface area contributed by atoms with Crippen molar-refractivity contribution in [1.29, 1.82) is 0 Å². The largest absolute Gasteiger partial charge is 0.508 e. The molecule has 0 aliphatic carbocycles. The third-order valence-corrected chi connectivity index (χ3v) is 1.51. The molecule has 0 heterocycles. The maximum Gasteiger partial charge on any atom is 0.115 e. The van der Waals surface area contributed by atoms with Crippen molar-refractivity contribution < 1.29 is 14.8 Å². The van der Waals surface area contributed by atoms with Gasteiger partial charge in [-0.3, -0.25) is 0 Å². The summed E-state index contributed by atoms with van der Waals surface area (Å²) >= 11 is 0. The van der Waals surface area contributed by atoms with Gasteiger partial charge in [-0.1, -0.05) is 36.4 Å². The molecule has 0 spiro atoms. The summed E-state index contributed by atoms with van der Waals surface area (Å²) < 4.78 is 8.28. The van der Waals surface area contributed by atoms with E-state index in [0.717, 1.165) is 0 Å². The molecule has 2 aromatic carbocycles. The minimum Gasteiger partial charge on any atom is -0.508 e. The van der Waals surface area contributed by atoms with Gasteiger partial charge in [-0.25, -0.2) is 0 Å². The van der Waals surface area contributed by atoms with Gasteiger partial charge in [0.05, 0.1) is 9.12 Å². The molecule has 2 aromatic rings. The van der Waals surface area contributed by atoms with Crippen molar-refractivity contribution >= 4 is 9.12 Å². The summed E-state index contributed by atoms with van der Waals surface area (Å²) in [4.78, 5) is 0. The van der Waals surface area contributed by atoms with E-state index in [1.54, 1.807) is 48.5 Å². The first-order valence-corrected chi connectivity index (χ1v) is 5.13. The van der Waals surface area contributed by atoms with Gasteiger partial charge in [-0.15, -0.1) is 0 Å². The molecule has 0 saturated carbocycles. The average Bonchev–Trinajstić information content (AvgIpc) is 2.34. The quantitative estimate of drug-likeness (QED) is 0.694. The highest BCUT2D eigenvalue weighted by Crippen LogP contribution is 2.03. The molecule has 16 heavy (non-hydrogen) atoms. The van der Waals surface area contributed by atoms with Crippen molar-refractivity contribution in [2.75, 3.05) is 0 Å². The molecule has 0 aliphatic heterocycles. The van der Waals surface area contributed by atoms with E-state index in [9.17, 15) is 0 Å². The third-order valence-electron chi connectivity index (χ3n) is 1.51. The molecule has 1 unspecified atom stereocenters. The van der Waals surface area contributed by atoms with E-state index in [2.05, 4.69) is 0 Å². The molecule has 2 rings (SSSR count). The Morgan fingerprint density at radius 1 is 0.625 bits per heavy atom. The predicted octanol–water partition coefficient (Wildman–Crippen LogP) is 2.72. The highest BCUT2D eigenvalue weighted by Gasteiger charge is 1.75. The van der Waals surface area contributed by atoms with Crippen LogP contribution < -0.4 is 0 Å². The van der Waals surface area contributed by atoms with E-state index >= 15 is 0 Å². The highest BCUT2D eigenvalue weighted by molar-refractivity contribution is 7.00. The van der Waals surface area contributed by atoms with Gasteiger partial charge in [0.1, 0.15) is 11.5 Å². The van der Waals surface area contributed by atoms with Crippen LogP contribution in [0, 0.1) is 0 Å². The predicted molar refractivity (Wildman–Crippen MR) is 68.0 cm³/mol. The SMILES string of the molecule is O=[PH3].Oc1ccccc1.Oc1ccccc1. The number of rotatable bonds is 0. The lowest BCUT2D eigenvalue weighted by Gasteiger charge is -1.82. The van der Waals surface area contributed by atoms with Crippen LogP contribution in [0.1, 0.15) is 0 Å². The molecule has 3 nitrogen and oxygen atoms in total. The maximum atomic E-state index is 8.63. The van der Waals surface area contributed by atoms with Gasteiger partial charge in [0.25, 0.3) is 0 Å². The van der Waals surface area contributed by atoms with Gasteiger partial charge in [-0.2, -0.15) is 0 Å². The molecule has 0 saturated heterocycles. The van der Waals surface area contributed by atoms with Crippen LogP contribution in [0.5, 0.6) is 11.5 Å². The summed E-state index contributed by atoms with van der Waals surface area (Å²) in [5.74, 6) is 0.644. The molecule has 1 atom stereocenters. The van der Waals surface area contributed by atoms with Gasteiger partial charge in [-0.05, 0) is 24.3 Å². The fourth-order valence-electron chi connectivity index (χ4n) is 0.856. The van der Waals surface area contributed by atoms with E-state index in [1.165, 1.54) is 0 Å². The number of phenolic OH excluding ortho intramolecular Hbond substituents is 2. The molecule has 0 aromatic heterocycles.